The number of carbonyl (C=O) groups excluding carboxylic acids is 1. The summed E-state index contributed by atoms with van der Waals surface area (Å²) in [6.45, 7) is 4.76. The Morgan fingerprint density at radius 1 is 1.27 bits per heavy atom. The molecule has 8 heteroatoms. The van der Waals surface area contributed by atoms with Crippen LogP contribution in [0.3, 0.4) is 0 Å². The van der Waals surface area contributed by atoms with Crippen molar-refractivity contribution >= 4 is 27.6 Å². The van der Waals surface area contributed by atoms with E-state index in [9.17, 15) is 18.0 Å². The largest absolute Gasteiger partial charge is 0.480 e. The Bertz CT molecular complexity index is 668. The van der Waals surface area contributed by atoms with Gasteiger partial charge in [0.2, 0.25) is 15.9 Å². The predicted octanol–water partition coefficient (Wildman–Crippen LogP) is 1.42. The number of carbonyl (C=O) groups is 2. The van der Waals surface area contributed by atoms with Gasteiger partial charge in [0.25, 0.3) is 0 Å². The van der Waals surface area contributed by atoms with Gasteiger partial charge in [0.05, 0.1) is 4.90 Å². The number of aliphatic carboxylic acids is 1. The minimum atomic E-state index is -3.94. The van der Waals surface area contributed by atoms with Gasteiger partial charge in [0.1, 0.15) is 6.54 Å². The van der Waals surface area contributed by atoms with Gasteiger partial charge in [0, 0.05) is 11.1 Å². The Balaban J connectivity index is 2.95. The van der Waals surface area contributed by atoms with Crippen molar-refractivity contribution in [1.82, 2.24) is 4.72 Å². The highest BCUT2D eigenvalue weighted by Gasteiger charge is 2.25. The lowest BCUT2D eigenvalue weighted by atomic mass is 9.89. The summed E-state index contributed by atoms with van der Waals surface area (Å²) in [5.74, 6) is -1.50. The molecule has 0 atom stereocenters. The maximum atomic E-state index is 12.1. The minimum Gasteiger partial charge on any atom is -0.480 e. The van der Waals surface area contributed by atoms with Crippen LogP contribution in [0.4, 0.5) is 5.69 Å². The fraction of sp³-hybridized carbons (Fsp3) is 0.429. The van der Waals surface area contributed by atoms with Crippen LogP contribution in [0.1, 0.15) is 27.2 Å². The lowest BCUT2D eigenvalue weighted by molar-refractivity contribution is -0.135. The zero-order valence-electron chi connectivity index (χ0n) is 12.7. The first-order valence-corrected chi connectivity index (χ1v) is 8.20. The molecule has 0 fully saturated rings. The van der Waals surface area contributed by atoms with Crippen molar-refractivity contribution in [1.29, 1.82) is 0 Å². The smallest absolute Gasteiger partial charge is 0.318 e. The van der Waals surface area contributed by atoms with Crippen LogP contribution < -0.4 is 10.0 Å². The summed E-state index contributed by atoms with van der Waals surface area (Å²) >= 11 is 0. The van der Waals surface area contributed by atoms with E-state index < -0.39 is 28.0 Å². The molecule has 0 aliphatic heterocycles. The molecule has 0 aromatic heterocycles. The number of nitrogens with one attached hydrogen (secondary N) is 2. The van der Waals surface area contributed by atoms with E-state index in [1.54, 1.807) is 19.9 Å². The molecule has 7 nitrogen and oxygen atoms in total. The molecule has 0 saturated carbocycles. The van der Waals surface area contributed by atoms with Gasteiger partial charge in [-0.1, -0.05) is 26.8 Å². The van der Waals surface area contributed by atoms with Crippen LogP contribution in [0.25, 0.3) is 0 Å². The number of hydrogen-bond donors (Lipinski definition) is 3. The van der Waals surface area contributed by atoms with E-state index in [-0.39, 0.29) is 10.8 Å². The van der Waals surface area contributed by atoms with E-state index in [4.69, 9.17) is 5.11 Å². The standard InChI is InChI=1S/C14H20N2O5S/c1-4-14(2,3)13(19)16-10-6-5-7-11(8-10)22(20,21)15-9-12(17)18/h5-8,15H,4,9H2,1-3H3,(H,16,19)(H,17,18). The van der Waals surface area contributed by atoms with Gasteiger partial charge >= 0.3 is 5.97 Å². The highest BCUT2D eigenvalue weighted by atomic mass is 32.2. The van der Waals surface area contributed by atoms with E-state index in [2.05, 4.69) is 5.32 Å². The summed E-state index contributed by atoms with van der Waals surface area (Å²) < 4.78 is 25.8. The summed E-state index contributed by atoms with van der Waals surface area (Å²) in [4.78, 5) is 22.4. The summed E-state index contributed by atoms with van der Waals surface area (Å²) in [7, 11) is -3.94. The fourth-order valence-electron chi connectivity index (χ4n) is 1.44. The number of benzene rings is 1. The molecule has 0 spiro atoms. The first kappa shape index (κ1) is 18.1. The second-order valence-electron chi connectivity index (χ2n) is 5.44. The molecule has 3 N–H and O–H groups in total. The third-order valence-corrected chi connectivity index (χ3v) is 4.71. The van der Waals surface area contributed by atoms with Crippen molar-refractivity contribution in [2.45, 2.75) is 32.1 Å². The Morgan fingerprint density at radius 3 is 2.45 bits per heavy atom. The first-order chi connectivity index (χ1) is 10.1. The molecule has 0 aliphatic carbocycles. The third-order valence-electron chi connectivity index (χ3n) is 3.31. The maximum absolute atomic E-state index is 12.1. The van der Waals surface area contributed by atoms with Crippen LogP contribution in [0.15, 0.2) is 29.2 Å². The normalized spacial score (nSPS) is 12.0. The summed E-state index contributed by atoms with van der Waals surface area (Å²) in [6.07, 6.45) is 0.636. The van der Waals surface area contributed by atoms with E-state index in [1.807, 2.05) is 11.6 Å². The van der Waals surface area contributed by atoms with E-state index in [1.165, 1.54) is 18.2 Å². The summed E-state index contributed by atoms with van der Waals surface area (Å²) in [5, 5.41) is 11.2. The number of hydrogen-bond acceptors (Lipinski definition) is 4. The van der Waals surface area contributed by atoms with Gasteiger partial charge < -0.3 is 10.4 Å². The van der Waals surface area contributed by atoms with E-state index >= 15 is 0 Å². The molecular weight excluding hydrogens is 308 g/mol. The second kappa shape index (κ2) is 6.89. The number of sulfonamides is 1. The molecule has 1 amide bonds. The fourth-order valence-corrected chi connectivity index (χ4v) is 2.46. The zero-order chi connectivity index (χ0) is 17.0. The average Bonchev–Trinajstić information content (AvgIpc) is 2.45. The van der Waals surface area contributed by atoms with Crippen LogP contribution in [-0.4, -0.2) is 31.9 Å². The highest BCUT2D eigenvalue weighted by Crippen LogP contribution is 2.23. The molecule has 0 aliphatic rings. The SMILES string of the molecule is CCC(C)(C)C(=O)Nc1cccc(S(=O)(=O)NCC(=O)O)c1. The predicted molar refractivity (Wildman–Crippen MR) is 82.0 cm³/mol. The monoisotopic (exact) mass is 328 g/mol. The third kappa shape index (κ3) is 4.81. The zero-order valence-corrected chi connectivity index (χ0v) is 13.5. The number of carboxylic acids is 1. The van der Waals surface area contributed by atoms with Crippen molar-refractivity contribution in [3.05, 3.63) is 24.3 Å². The van der Waals surface area contributed by atoms with Crippen LogP contribution in [0.2, 0.25) is 0 Å². The summed E-state index contributed by atoms with van der Waals surface area (Å²) in [5.41, 5.74) is -0.235. The average molecular weight is 328 g/mol. The van der Waals surface area contributed by atoms with Gasteiger partial charge in [-0.2, -0.15) is 4.72 Å². The highest BCUT2D eigenvalue weighted by molar-refractivity contribution is 7.89. The van der Waals surface area contributed by atoms with Crippen LogP contribution in [0.5, 0.6) is 0 Å². The summed E-state index contributed by atoms with van der Waals surface area (Å²) in [6, 6.07) is 5.66. The Morgan fingerprint density at radius 2 is 1.91 bits per heavy atom. The maximum Gasteiger partial charge on any atom is 0.318 e. The number of rotatable bonds is 7. The molecule has 1 aromatic rings. The molecule has 1 aromatic carbocycles. The van der Waals surface area contributed by atoms with Crippen molar-refractivity contribution < 1.29 is 23.1 Å². The Hall–Kier alpha value is -1.93. The van der Waals surface area contributed by atoms with Crippen molar-refractivity contribution in [3.63, 3.8) is 0 Å². The first-order valence-electron chi connectivity index (χ1n) is 6.71. The number of anilines is 1. The Labute approximate surface area is 129 Å². The van der Waals surface area contributed by atoms with Crippen LogP contribution in [-0.2, 0) is 19.6 Å². The lowest BCUT2D eigenvalue weighted by Crippen LogP contribution is -2.31. The molecule has 22 heavy (non-hydrogen) atoms. The molecule has 122 valence electrons. The van der Waals surface area contributed by atoms with Gasteiger partial charge in [0.15, 0.2) is 0 Å². The van der Waals surface area contributed by atoms with Gasteiger partial charge in [-0.05, 0) is 24.6 Å². The van der Waals surface area contributed by atoms with Gasteiger partial charge in [-0.15, -0.1) is 0 Å². The quantitative estimate of drug-likeness (QED) is 0.701. The number of amides is 1. The number of carboxylic acid groups (broad SMARTS) is 1. The van der Waals surface area contributed by atoms with E-state index in [0.29, 0.717) is 12.1 Å². The molecule has 1 rings (SSSR count). The Kier molecular flexibility index (Phi) is 5.67. The lowest BCUT2D eigenvalue weighted by Gasteiger charge is -2.21. The molecule has 0 bridgehead atoms. The molecule has 0 heterocycles. The molecule has 0 radical (unpaired) electrons. The minimum absolute atomic E-state index is 0.110. The molecule has 0 saturated heterocycles. The molecular formula is C14H20N2O5S. The molecule has 0 unspecified atom stereocenters. The van der Waals surface area contributed by atoms with Crippen LogP contribution in [0, 0.1) is 5.41 Å². The van der Waals surface area contributed by atoms with E-state index in [0.717, 1.165) is 0 Å². The van der Waals surface area contributed by atoms with Gasteiger partial charge in [-0.3, -0.25) is 9.59 Å². The topological polar surface area (TPSA) is 113 Å². The van der Waals surface area contributed by atoms with Crippen molar-refractivity contribution in [3.8, 4) is 0 Å². The van der Waals surface area contributed by atoms with Crippen molar-refractivity contribution in [2.24, 2.45) is 5.41 Å². The van der Waals surface area contributed by atoms with Crippen LogP contribution >= 0.6 is 0 Å². The second-order valence-corrected chi connectivity index (χ2v) is 7.20. The van der Waals surface area contributed by atoms with Gasteiger partial charge in [-0.25, -0.2) is 8.42 Å². The van der Waals surface area contributed by atoms with Crippen molar-refractivity contribution in [2.75, 3.05) is 11.9 Å².